The van der Waals surface area contributed by atoms with Crippen LogP contribution in [0.4, 0.5) is 0 Å². The predicted octanol–water partition coefficient (Wildman–Crippen LogP) is 5.52. The van der Waals surface area contributed by atoms with Crippen LogP contribution in [0.1, 0.15) is 115 Å². The van der Waals surface area contributed by atoms with Crippen molar-refractivity contribution in [2.75, 3.05) is 0 Å². The Hall–Kier alpha value is -2.18. The van der Waals surface area contributed by atoms with Crippen molar-refractivity contribution in [3.63, 3.8) is 0 Å². The topological polar surface area (TPSA) is 109 Å². The standard InChI is InChI=1S/C23H39NO6/c1-18(2)19-17-20(25)24(23(19)29)30-22(28)16-14-12-10-8-6-4-3-5-7-9-11-13-15-21(26)27/h17-18,25,29H,3-16H2,1-2H3,(H,26,27). The number of carbonyl (C=O) groups is 2. The summed E-state index contributed by atoms with van der Waals surface area (Å²) in [5, 5.41) is 28.4. The second kappa shape index (κ2) is 14.7. The molecule has 0 radical (unpaired) electrons. The Morgan fingerprint density at radius 2 is 1.27 bits per heavy atom. The van der Waals surface area contributed by atoms with Crippen molar-refractivity contribution >= 4 is 11.9 Å². The fraction of sp³-hybridized carbons (Fsp3) is 0.739. The average Bonchev–Trinajstić information content (AvgIpc) is 2.96. The third-order valence-electron chi connectivity index (χ3n) is 5.28. The van der Waals surface area contributed by atoms with Crippen LogP contribution in [-0.4, -0.2) is 32.0 Å². The van der Waals surface area contributed by atoms with Crippen LogP contribution in [-0.2, 0) is 9.59 Å². The predicted molar refractivity (Wildman–Crippen MR) is 116 cm³/mol. The maximum Gasteiger partial charge on any atom is 0.333 e. The second-order valence-corrected chi connectivity index (χ2v) is 8.33. The third-order valence-corrected chi connectivity index (χ3v) is 5.28. The van der Waals surface area contributed by atoms with E-state index in [0.29, 0.717) is 5.56 Å². The van der Waals surface area contributed by atoms with Crippen LogP contribution in [0.5, 0.6) is 11.8 Å². The number of rotatable bonds is 17. The molecule has 0 saturated carbocycles. The number of aliphatic carboxylic acids is 1. The molecule has 0 fully saturated rings. The number of aromatic nitrogens is 1. The van der Waals surface area contributed by atoms with Crippen molar-refractivity contribution in [1.82, 2.24) is 4.73 Å². The molecule has 1 aromatic rings. The van der Waals surface area contributed by atoms with E-state index in [9.17, 15) is 19.8 Å². The van der Waals surface area contributed by atoms with Gasteiger partial charge < -0.3 is 20.2 Å². The van der Waals surface area contributed by atoms with E-state index in [1.165, 1.54) is 38.2 Å². The van der Waals surface area contributed by atoms with Crippen molar-refractivity contribution in [3.05, 3.63) is 11.6 Å². The first-order valence-electron chi connectivity index (χ1n) is 11.4. The van der Waals surface area contributed by atoms with Crippen LogP contribution in [0, 0.1) is 0 Å². The molecule has 0 amide bonds. The van der Waals surface area contributed by atoms with Crippen molar-refractivity contribution in [2.24, 2.45) is 0 Å². The lowest BCUT2D eigenvalue weighted by molar-refractivity contribution is -0.145. The maximum absolute atomic E-state index is 11.9. The van der Waals surface area contributed by atoms with Crippen molar-refractivity contribution < 1.29 is 29.7 Å². The van der Waals surface area contributed by atoms with Gasteiger partial charge in [0, 0.05) is 24.5 Å². The number of aromatic hydroxyl groups is 2. The molecule has 0 aliphatic carbocycles. The zero-order chi connectivity index (χ0) is 22.4. The number of carboxylic acids is 1. The first-order chi connectivity index (χ1) is 14.3. The van der Waals surface area contributed by atoms with E-state index in [2.05, 4.69) is 0 Å². The minimum atomic E-state index is -0.702. The largest absolute Gasteiger partial charge is 0.492 e. The fourth-order valence-corrected chi connectivity index (χ4v) is 3.46. The van der Waals surface area contributed by atoms with Crippen molar-refractivity contribution in [2.45, 2.75) is 110 Å². The highest BCUT2D eigenvalue weighted by Crippen LogP contribution is 2.31. The van der Waals surface area contributed by atoms with E-state index < -0.39 is 11.9 Å². The Balaban J connectivity index is 1.98. The molecule has 172 valence electrons. The van der Waals surface area contributed by atoms with Crippen LogP contribution in [0.15, 0.2) is 6.07 Å². The molecule has 7 heteroatoms. The highest BCUT2D eigenvalue weighted by atomic mass is 16.7. The van der Waals surface area contributed by atoms with Gasteiger partial charge in [-0.05, 0) is 18.8 Å². The highest BCUT2D eigenvalue weighted by molar-refractivity contribution is 5.70. The molecule has 7 nitrogen and oxygen atoms in total. The first kappa shape index (κ1) is 25.9. The maximum atomic E-state index is 11.9. The minimum absolute atomic E-state index is 0.0136. The van der Waals surface area contributed by atoms with E-state index in [4.69, 9.17) is 9.94 Å². The third kappa shape index (κ3) is 10.6. The van der Waals surface area contributed by atoms with Gasteiger partial charge in [-0.3, -0.25) is 4.79 Å². The molecular weight excluding hydrogens is 386 g/mol. The van der Waals surface area contributed by atoms with Crippen LogP contribution < -0.4 is 4.84 Å². The van der Waals surface area contributed by atoms with E-state index in [1.807, 2.05) is 13.8 Å². The lowest BCUT2D eigenvalue weighted by Crippen LogP contribution is -2.18. The molecule has 1 aromatic heterocycles. The number of nitrogens with zero attached hydrogens (tertiary/aromatic N) is 1. The van der Waals surface area contributed by atoms with Gasteiger partial charge in [-0.2, -0.15) is 0 Å². The van der Waals surface area contributed by atoms with Gasteiger partial charge in [-0.1, -0.05) is 78.1 Å². The van der Waals surface area contributed by atoms with Crippen LogP contribution in [0.3, 0.4) is 0 Å². The number of hydrogen-bond acceptors (Lipinski definition) is 5. The number of hydrogen-bond donors (Lipinski definition) is 3. The molecule has 0 aromatic carbocycles. The SMILES string of the molecule is CC(C)c1cc(O)n(OC(=O)CCCCCCCCCCCCCCC(=O)O)c1O. The summed E-state index contributed by atoms with van der Waals surface area (Å²) in [6.45, 7) is 3.76. The molecule has 0 bridgehead atoms. The van der Waals surface area contributed by atoms with Gasteiger partial charge in [0.25, 0.3) is 0 Å². The van der Waals surface area contributed by atoms with Crippen LogP contribution in [0.25, 0.3) is 0 Å². The summed E-state index contributed by atoms with van der Waals surface area (Å²) in [6.07, 6.45) is 13.5. The highest BCUT2D eigenvalue weighted by Gasteiger charge is 2.19. The van der Waals surface area contributed by atoms with Gasteiger partial charge in [0.2, 0.25) is 11.8 Å². The Kier molecular flexibility index (Phi) is 12.7. The molecule has 1 heterocycles. The summed E-state index contributed by atoms with van der Waals surface area (Å²) in [5.74, 6) is -1.65. The first-order valence-corrected chi connectivity index (χ1v) is 11.4. The Labute approximate surface area is 180 Å². The van der Waals surface area contributed by atoms with Gasteiger partial charge in [0.15, 0.2) is 0 Å². The molecule has 0 atom stereocenters. The minimum Gasteiger partial charge on any atom is -0.492 e. The quantitative estimate of drug-likeness (QED) is 0.283. The summed E-state index contributed by atoms with van der Waals surface area (Å²) in [5.41, 5.74) is 0.540. The van der Waals surface area contributed by atoms with E-state index in [0.717, 1.165) is 49.7 Å². The van der Waals surface area contributed by atoms with Crippen molar-refractivity contribution in [3.8, 4) is 11.8 Å². The Morgan fingerprint density at radius 3 is 1.67 bits per heavy atom. The zero-order valence-electron chi connectivity index (χ0n) is 18.6. The molecule has 0 saturated heterocycles. The summed E-state index contributed by atoms with van der Waals surface area (Å²) in [6, 6.07) is 1.41. The summed E-state index contributed by atoms with van der Waals surface area (Å²) in [7, 11) is 0. The second-order valence-electron chi connectivity index (χ2n) is 8.33. The molecule has 0 aliphatic rings. The van der Waals surface area contributed by atoms with Gasteiger partial charge >= 0.3 is 11.9 Å². The summed E-state index contributed by atoms with van der Waals surface area (Å²) in [4.78, 5) is 27.4. The molecule has 3 N–H and O–H groups in total. The molecule has 0 unspecified atom stereocenters. The molecular formula is C23H39NO6. The van der Waals surface area contributed by atoms with Gasteiger partial charge in [-0.15, -0.1) is 4.73 Å². The number of carbonyl (C=O) groups excluding carboxylic acids is 1. The number of carboxylic acid groups (broad SMARTS) is 1. The fourth-order valence-electron chi connectivity index (χ4n) is 3.46. The van der Waals surface area contributed by atoms with E-state index in [1.54, 1.807) is 0 Å². The molecule has 1 rings (SSSR count). The summed E-state index contributed by atoms with van der Waals surface area (Å²) < 4.78 is 0.795. The average molecular weight is 426 g/mol. The lowest BCUT2D eigenvalue weighted by Gasteiger charge is -2.08. The monoisotopic (exact) mass is 425 g/mol. The summed E-state index contributed by atoms with van der Waals surface area (Å²) >= 11 is 0. The van der Waals surface area contributed by atoms with Crippen LogP contribution >= 0.6 is 0 Å². The zero-order valence-corrected chi connectivity index (χ0v) is 18.6. The van der Waals surface area contributed by atoms with E-state index in [-0.39, 0.29) is 30.5 Å². The Bertz CT molecular complexity index is 638. The molecule has 30 heavy (non-hydrogen) atoms. The molecule has 0 spiro atoms. The van der Waals surface area contributed by atoms with Gasteiger partial charge in [0.1, 0.15) is 0 Å². The van der Waals surface area contributed by atoms with Gasteiger partial charge in [-0.25, -0.2) is 4.79 Å². The lowest BCUT2D eigenvalue weighted by atomic mass is 10.0. The van der Waals surface area contributed by atoms with E-state index >= 15 is 0 Å². The normalized spacial score (nSPS) is 11.2. The Morgan fingerprint density at radius 1 is 0.833 bits per heavy atom. The van der Waals surface area contributed by atoms with Crippen LogP contribution in [0.2, 0.25) is 0 Å². The van der Waals surface area contributed by atoms with Gasteiger partial charge in [0.05, 0.1) is 0 Å². The number of unbranched alkanes of at least 4 members (excludes halogenated alkanes) is 11. The van der Waals surface area contributed by atoms with Crippen molar-refractivity contribution in [1.29, 1.82) is 0 Å². The molecule has 0 aliphatic heterocycles. The smallest absolute Gasteiger partial charge is 0.333 e.